The van der Waals surface area contributed by atoms with Gasteiger partial charge in [0.05, 0.1) is 11.3 Å². The number of Topliss-reactive ketones (excluding diaryl/α,β-unsaturated/α-hetero) is 1. The summed E-state index contributed by atoms with van der Waals surface area (Å²) in [4.78, 5) is 29.0. The van der Waals surface area contributed by atoms with Crippen LogP contribution in [0.3, 0.4) is 0 Å². The van der Waals surface area contributed by atoms with Crippen LogP contribution in [0.15, 0.2) is 42.6 Å². The number of epoxide rings is 1. The van der Waals surface area contributed by atoms with E-state index in [1.807, 2.05) is 48.6 Å². The first-order valence-electron chi connectivity index (χ1n) is 8.38. The summed E-state index contributed by atoms with van der Waals surface area (Å²) in [6.45, 7) is 5.10. The summed E-state index contributed by atoms with van der Waals surface area (Å²) in [6, 6.07) is 11.2. The molecule has 3 aromatic rings. The normalized spacial score (nSPS) is 18.7. The van der Waals surface area contributed by atoms with E-state index in [0.717, 1.165) is 17.0 Å². The summed E-state index contributed by atoms with van der Waals surface area (Å²) >= 11 is 0. The smallest absolute Gasteiger partial charge is 0.308 e. The van der Waals surface area contributed by atoms with Crippen molar-refractivity contribution in [3.63, 3.8) is 0 Å². The number of pyridine rings is 1. The number of aryl methyl sites for hydroxylation is 2. The fourth-order valence-corrected chi connectivity index (χ4v) is 3.11. The number of hydrogen-bond acceptors (Lipinski definition) is 5. The number of imidazole rings is 1. The SMILES string of the molecule is CC(=O)Oc1c(C(=O)C2OC2c2ccccc2)ccn2c(C)c(C)nc12. The van der Waals surface area contributed by atoms with Gasteiger partial charge in [-0.3, -0.25) is 9.59 Å². The predicted molar refractivity (Wildman–Crippen MR) is 94.4 cm³/mol. The van der Waals surface area contributed by atoms with Crippen LogP contribution in [-0.4, -0.2) is 27.2 Å². The maximum atomic E-state index is 13.0. The first kappa shape index (κ1) is 16.5. The zero-order chi connectivity index (χ0) is 18.4. The van der Waals surface area contributed by atoms with Crippen LogP contribution in [0.4, 0.5) is 0 Å². The Morgan fingerprint density at radius 1 is 1.15 bits per heavy atom. The number of rotatable bonds is 4. The van der Waals surface area contributed by atoms with E-state index in [0.29, 0.717) is 11.2 Å². The van der Waals surface area contributed by atoms with E-state index in [9.17, 15) is 9.59 Å². The Balaban J connectivity index is 1.74. The second-order valence-corrected chi connectivity index (χ2v) is 6.38. The zero-order valence-corrected chi connectivity index (χ0v) is 14.7. The molecule has 0 saturated carbocycles. The lowest BCUT2D eigenvalue weighted by Gasteiger charge is -2.09. The molecule has 4 rings (SSSR count). The van der Waals surface area contributed by atoms with Crippen molar-refractivity contribution >= 4 is 17.4 Å². The Hall–Kier alpha value is -2.99. The molecule has 2 atom stereocenters. The third kappa shape index (κ3) is 2.68. The molecule has 132 valence electrons. The molecule has 6 nitrogen and oxygen atoms in total. The third-order valence-corrected chi connectivity index (χ3v) is 4.61. The van der Waals surface area contributed by atoms with E-state index in [-0.39, 0.29) is 17.6 Å². The highest BCUT2D eigenvalue weighted by molar-refractivity contribution is 6.05. The van der Waals surface area contributed by atoms with Crippen molar-refractivity contribution < 1.29 is 19.1 Å². The van der Waals surface area contributed by atoms with Crippen molar-refractivity contribution in [2.75, 3.05) is 0 Å². The maximum absolute atomic E-state index is 13.0. The van der Waals surface area contributed by atoms with Crippen LogP contribution in [0.5, 0.6) is 5.75 Å². The van der Waals surface area contributed by atoms with E-state index < -0.39 is 12.1 Å². The first-order valence-corrected chi connectivity index (χ1v) is 8.38. The Bertz CT molecular complexity index is 1020. The fraction of sp³-hybridized carbons (Fsp3) is 0.250. The van der Waals surface area contributed by atoms with Crippen LogP contribution in [0.25, 0.3) is 5.65 Å². The number of fused-ring (bicyclic) bond motifs is 1. The molecule has 0 radical (unpaired) electrons. The van der Waals surface area contributed by atoms with Gasteiger partial charge in [0.25, 0.3) is 0 Å². The van der Waals surface area contributed by atoms with Crippen molar-refractivity contribution in [2.45, 2.75) is 33.0 Å². The van der Waals surface area contributed by atoms with Gasteiger partial charge >= 0.3 is 5.97 Å². The highest BCUT2D eigenvalue weighted by atomic mass is 16.6. The highest BCUT2D eigenvalue weighted by Gasteiger charge is 2.47. The lowest BCUT2D eigenvalue weighted by Crippen LogP contribution is -2.14. The molecular formula is C20H18N2O4. The molecule has 2 unspecified atom stereocenters. The molecule has 1 saturated heterocycles. The Morgan fingerprint density at radius 2 is 1.88 bits per heavy atom. The number of ketones is 1. The van der Waals surface area contributed by atoms with Crippen molar-refractivity contribution in [3.8, 4) is 5.75 Å². The summed E-state index contributed by atoms with van der Waals surface area (Å²) in [5, 5.41) is 0. The predicted octanol–water partition coefficient (Wildman–Crippen LogP) is 3.20. The minimum absolute atomic E-state index is 0.184. The topological polar surface area (TPSA) is 73.2 Å². The molecule has 1 aliphatic rings. The molecule has 6 heteroatoms. The molecule has 0 aliphatic carbocycles. The fourth-order valence-electron chi connectivity index (χ4n) is 3.11. The molecule has 26 heavy (non-hydrogen) atoms. The van der Waals surface area contributed by atoms with Crippen LogP contribution in [0.2, 0.25) is 0 Å². The average molecular weight is 350 g/mol. The molecule has 3 heterocycles. The number of esters is 1. The van der Waals surface area contributed by atoms with E-state index in [1.165, 1.54) is 6.92 Å². The van der Waals surface area contributed by atoms with Gasteiger partial charge in [-0.1, -0.05) is 30.3 Å². The van der Waals surface area contributed by atoms with Crippen LogP contribution in [-0.2, 0) is 9.53 Å². The van der Waals surface area contributed by atoms with Gasteiger partial charge in [0.15, 0.2) is 23.3 Å². The third-order valence-electron chi connectivity index (χ3n) is 4.61. The quantitative estimate of drug-likeness (QED) is 0.410. The van der Waals surface area contributed by atoms with Gasteiger partial charge in [-0.15, -0.1) is 0 Å². The van der Waals surface area contributed by atoms with Crippen molar-refractivity contribution in [3.05, 3.63) is 65.1 Å². The van der Waals surface area contributed by atoms with Gasteiger partial charge in [0.1, 0.15) is 6.10 Å². The maximum Gasteiger partial charge on any atom is 0.308 e. The molecule has 1 fully saturated rings. The first-order chi connectivity index (χ1) is 12.5. The number of nitrogens with zero attached hydrogens (tertiary/aromatic N) is 2. The van der Waals surface area contributed by atoms with E-state index in [1.54, 1.807) is 12.3 Å². The summed E-state index contributed by atoms with van der Waals surface area (Å²) in [7, 11) is 0. The number of hydrogen-bond donors (Lipinski definition) is 0. The number of carbonyl (C=O) groups excluding carboxylic acids is 2. The van der Waals surface area contributed by atoms with Gasteiger partial charge in [0, 0.05) is 18.8 Å². The van der Waals surface area contributed by atoms with Crippen LogP contribution < -0.4 is 4.74 Å². The van der Waals surface area contributed by atoms with Crippen LogP contribution >= 0.6 is 0 Å². The van der Waals surface area contributed by atoms with E-state index in [2.05, 4.69) is 4.98 Å². The standard InChI is InChI=1S/C20H18N2O4/c1-11-12(2)22-10-9-15(18(20(22)21-11)25-13(3)23)16(24)19-17(26-19)14-7-5-4-6-8-14/h4-10,17,19H,1-3H3. The van der Waals surface area contributed by atoms with Gasteiger partial charge < -0.3 is 13.9 Å². The van der Waals surface area contributed by atoms with Gasteiger partial charge in [-0.2, -0.15) is 0 Å². The summed E-state index contributed by atoms with van der Waals surface area (Å²) in [6.07, 6.45) is 0.921. The molecule has 1 aromatic carbocycles. The van der Waals surface area contributed by atoms with E-state index in [4.69, 9.17) is 9.47 Å². The van der Waals surface area contributed by atoms with Crippen molar-refractivity contribution in [2.24, 2.45) is 0 Å². The molecule has 0 spiro atoms. The largest absolute Gasteiger partial charge is 0.422 e. The summed E-state index contributed by atoms with van der Waals surface area (Å²) in [5.41, 5.74) is 3.46. The number of ether oxygens (including phenoxy) is 2. The molecule has 0 amide bonds. The van der Waals surface area contributed by atoms with Crippen LogP contribution in [0.1, 0.15) is 40.3 Å². The Kier molecular flexibility index (Phi) is 3.85. The Morgan fingerprint density at radius 3 is 2.58 bits per heavy atom. The zero-order valence-electron chi connectivity index (χ0n) is 14.7. The van der Waals surface area contributed by atoms with Gasteiger partial charge in [0.2, 0.25) is 0 Å². The second-order valence-electron chi connectivity index (χ2n) is 6.38. The number of benzene rings is 1. The van der Waals surface area contributed by atoms with Crippen molar-refractivity contribution in [1.29, 1.82) is 0 Å². The highest BCUT2D eigenvalue weighted by Crippen LogP contribution is 2.42. The number of carbonyl (C=O) groups is 2. The average Bonchev–Trinajstić information content (AvgIpc) is 3.37. The van der Waals surface area contributed by atoms with Gasteiger partial charge in [-0.25, -0.2) is 4.98 Å². The molecule has 1 aliphatic heterocycles. The van der Waals surface area contributed by atoms with E-state index >= 15 is 0 Å². The second kappa shape index (κ2) is 6.07. The lowest BCUT2D eigenvalue weighted by atomic mass is 10.0. The van der Waals surface area contributed by atoms with Crippen LogP contribution in [0, 0.1) is 13.8 Å². The summed E-state index contributed by atoms with van der Waals surface area (Å²) in [5.74, 6) is -0.527. The molecule has 0 N–H and O–H groups in total. The monoisotopic (exact) mass is 350 g/mol. The van der Waals surface area contributed by atoms with Gasteiger partial charge in [-0.05, 0) is 25.5 Å². The molecular weight excluding hydrogens is 332 g/mol. The minimum atomic E-state index is -0.577. The molecule has 2 aromatic heterocycles. The molecule has 0 bridgehead atoms. The minimum Gasteiger partial charge on any atom is -0.422 e. The number of aromatic nitrogens is 2. The lowest BCUT2D eigenvalue weighted by molar-refractivity contribution is -0.131. The Labute approximate surface area is 150 Å². The summed E-state index contributed by atoms with van der Waals surface area (Å²) < 4.78 is 12.8. The van der Waals surface area contributed by atoms with Crippen molar-refractivity contribution in [1.82, 2.24) is 9.38 Å².